The normalized spacial score (nSPS) is 11.2. The molecule has 0 aliphatic carbocycles. The molecule has 172 valence electrons. The second-order valence-electron chi connectivity index (χ2n) is 8.34. The summed E-state index contributed by atoms with van der Waals surface area (Å²) in [7, 11) is 0. The molecule has 1 heterocycles. The minimum absolute atomic E-state index is 0.636. The van der Waals surface area contributed by atoms with Crippen LogP contribution in [0.1, 0.15) is 28.1 Å². The summed E-state index contributed by atoms with van der Waals surface area (Å²) in [5, 5.41) is 9.30. The number of benzene rings is 4. The van der Waals surface area contributed by atoms with Crippen LogP contribution in [0.3, 0.4) is 0 Å². The zero-order valence-corrected chi connectivity index (χ0v) is 19.6. The largest absolute Gasteiger partial charge is 0.318 e. The first kappa shape index (κ1) is 22.3. The van der Waals surface area contributed by atoms with Crippen molar-refractivity contribution in [2.45, 2.75) is 12.5 Å². The summed E-state index contributed by atoms with van der Waals surface area (Å²) in [6.07, 6.45) is 0. The lowest BCUT2D eigenvalue weighted by Gasteiger charge is -2.37. The van der Waals surface area contributed by atoms with Crippen LogP contribution < -0.4 is 10.9 Å². The van der Waals surface area contributed by atoms with Gasteiger partial charge in [-0.15, -0.1) is 5.10 Å². The summed E-state index contributed by atoms with van der Waals surface area (Å²) in [6, 6.07) is 41.1. The van der Waals surface area contributed by atoms with Gasteiger partial charge in [-0.25, -0.2) is 5.43 Å². The Bertz CT molecular complexity index is 1300. The van der Waals surface area contributed by atoms with Gasteiger partial charge < -0.3 is 5.43 Å². The predicted molar refractivity (Wildman–Crippen MR) is 141 cm³/mol. The molecule has 0 unspecified atom stereocenters. The van der Waals surface area contributed by atoms with Crippen molar-refractivity contribution in [3.05, 3.63) is 156 Å². The fourth-order valence-electron chi connectivity index (χ4n) is 4.34. The molecule has 0 fully saturated rings. The van der Waals surface area contributed by atoms with E-state index in [0.717, 1.165) is 28.1 Å². The molecule has 1 aromatic heterocycles. The van der Waals surface area contributed by atoms with E-state index in [1.165, 1.54) is 0 Å². The zero-order valence-electron chi connectivity index (χ0n) is 19.6. The maximum Gasteiger partial charge on any atom is 0.132 e. The smallest absolute Gasteiger partial charge is 0.132 e. The minimum atomic E-state index is -0.671. The van der Waals surface area contributed by atoms with Gasteiger partial charge in [-0.3, -0.25) is 0 Å². The van der Waals surface area contributed by atoms with E-state index in [4.69, 9.17) is 5.10 Å². The SMILES string of the molecule is C=C(NNC(c1ccccc1)(c1ccccc1)c1ccccc1)c1nn(-c2ccccc2)nc1C. The number of aromatic nitrogens is 3. The van der Waals surface area contributed by atoms with E-state index in [0.29, 0.717) is 11.4 Å². The Balaban J connectivity index is 1.54. The topological polar surface area (TPSA) is 54.8 Å². The van der Waals surface area contributed by atoms with Crippen LogP contribution in [-0.4, -0.2) is 15.0 Å². The predicted octanol–water partition coefficient (Wildman–Crippen LogP) is 5.63. The monoisotopic (exact) mass is 457 g/mol. The molecule has 4 aromatic carbocycles. The second kappa shape index (κ2) is 9.79. The van der Waals surface area contributed by atoms with Gasteiger partial charge in [0.2, 0.25) is 0 Å². The van der Waals surface area contributed by atoms with E-state index in [1.54, 1.807) is 4.80 Å². The van der Waals surface area contributed by atoms with Gasteiger partial charge in [-0.2, -0.15) is 9.90 Å². The fourth-order valence-corrected chi connectivity index (χ4v) is 4.34. The Kier molecular flexibility index (Phi) is 6.24. The molecule has 0 aliphatic rings. The highest BCUT2D eigenvalue weighted by molar-refractivity contribution is 5.60. The van der Waals surface area contributed by atoms with Crippen LogP contribution in [0.15, 0.2) is 128 Å². The van der Waals surface area contributed by atoms with Crippen LogP contribution in [0.5, 0.6) is 0 Å². The average Bonchev–Trinajstić information content (AvgIpc) is 3.33. The molecule has 0 atom stereocenters. The van der Waals surface area contributed by atoms with Crippen molar-refractivity contribution in [2.75, 3.05) is 0 Å². The van der Waals surface area contributed by atoms with Crippen molar-refractivity contribution in [3.63, 3.8) is 0 Å². The van der Waals surface area contributed by atoms with Crippen molar-refractivity contribution in [2.24, 2.45) is 0 Å². The van der Waals surface area contributed by atoms with E-state index in [-0.39, 0.29) is 0 Å². The molecule has 0 bridgehead atoms. The van der Waals surface area contributed by atoms with Gasteiger partial charge in [-0.1, -0.05) is 116 Å². The Morgan fingerprint density at radius 1 is 0.657 bits per heavy atom. The van der Waals surface area contributed by atoms with Gasteiger partial charge in [-0.05, 0) is 35.7 Å². The van der Waals surface area contributed by atoms with Crippen molar-refractivity contribution in [1.29, 1.82) is 0 Å². The first-order valence-electron chi connectivity index (χ1n) is 11.6. The molecule has 35 heavy (non-hydrogen) atoms. The zero-order chi connectivity index (χ0) is 24.1. The third-order valence-corrected chi connectivity index (χ3v) is 6.08. The van der Waals surface area contributed by atoms with Crippen molar-refractivity contribution >= 4 is 5.70 Å². The summed E-state index contributed by atoms with van der Waals surface area (Å²) >= 11 is 0. The van der Waals surface area contributed by atoms with Crippen LogP contribution in [0.2, 0.25) is 0 Å². The van der Waals surface area contributed by atoms with E-state index in [1.807, 2.05) is 55.5 Å². The Morgan fingerprint density at radius 2 is 1.09 bits per heavy atom. The van der Waals surface area contributed by atoms with Crippen LogP contribution in [0.25, 0.3) is 11.4 Å². The molecule has 5 aromatic rings. The molecule has 5 rings (SSSR count). The molecule has 0 saturated carbocycles. The number of hydrazine groups is 1. The van der Waals surface area contributed by atoms with Crippen molar-refractivity contribution < 1.29 is 0 Å². The highest BCUT2D eigenvalue weighted by Gasteiger charge is 2.36. The molecule has 0 spiro atoms. The standard InChI is InChI=1S/C30H27N5/c1-23(29-24(2)32-35(33-29)28-21-13-6-14-22-28)31-34-30(25-15-7-3-8-16-25,26-17-9-4-10-18-26)27-19-11-5-12-20-27/h3-22,31,34H,1H2,2H3. The molecule has 0 radical (unpaired) electrons. The van der Waals surface area contributed by atoms with Crippen molar-refractivity contribution in [3.8, 4) is 5.69 Å². The summed E-state index contributed by atoms with van der Waals surface area (Å²) in [5.74, 6) is 0. The molecule has 2 N–H and O–H groups in total. The van der Waals surface area contributed by atoms with Crippen molar-refractivity contribution in [1.82, 2.24) is 25.8 Å². The maximum atomic E-state index is 4.70. The summed E-state index contributed by atoms with van der Waals surface area (Å²) < 4.78 is 0. The minimum Gasteiger partial charge on any atom is -0.318 e. The third-order valence-electron chi connectivity index (χ3n) is 6.08. The number of hydrogen-bond acceptors (Lipinski definition) is 4. The number of nitrogens with one attached hydrogen (secondary N) is 2. The quantitative estimate of drug-likeness (QED) is 0.234. The van der Waals surface area contributed by atoms with Crippen LogP contribution in [0.4, 0.5) is 0 Å². The lowest BCUT2D eigenvalue weighted by Crippen LogP contribution is -2.51. The van der Waals surface area contributed by atoms with Crippen LogP contribution in [0, 0.1) is 6.92 Å². The highest BCUT2D eigenvalue weighted by atomic mass is 15.5. The van der Waals surface area contributed by atoms with Crippen LogP contribution in [-0.2, 0) is 5.54 Å². The van der Waals surface area contributed by atoms with Crippen LogP contribution >= 0.6 is 0 Å². The number of hydrogen-bond donors (Lipinski definition) is 2. The molecular formula is C30H27N5. The number of nitrogens with zero attached hydrogens (tertiary/aromatic N) is 3. The molecular weight excluding hydrogens is 430 g/mol. The molecule has 5 heteroatoms. The Hall–Kier alpha value is -4.48. The summed E-state index contributed by atoms with van der Waals surface area (Å²) in [5.41, 5.74) is 12.7. The van der Waals surface area contributed by atoms with E-state index in [9.17, 15) is 0 Å². The lowest BCUT2D eigenvalue weighted by molar-refractivity contribution is 0.440. The molecule has 5 nitrogen and oxygen atoms in total. The van der Waals surface area contributed by atoms with Gasteiger partial charge in [0.15, 0.2) is 0 Å². The van der Waals surface area contributed by atoms with Gasteiger partial charge in [0.1, 0.15) is 11.2 Å². The Morgan fingerprint density at radius 3 is 1.54 bits per heavy atom. The van der Waals surface area contributed by atoms with Gasteiger partial charge in [0.25, 0.3) is 0 Å². The van der Waals surface area contributed by atoms with E-state index in [2.05, 4.69) is 95.3 Å². The fraction of sp³-hybridized carbons (Fsp3) is 0.0667. The summed E-state index contributed by atoms with van der Waals surface area (Å²) in [6.45, 7) is 6.23. The number of aryl methyl sites for hydroxylation is 1. The lowest BCUT2D eigenvalue weighted by atomic mass is 9.77. The molecule has 0 amide bonds. The second-order valence-corrected chi connectivity index (χ2v) is 8.34. The van der Waals surface area contributed by atoms with E-state index >= 15 is 0 Å². The van der Waals surface area contributed by atoms with Gasteiger partial charge >= 0.3 is 0 Å². The Labute approximate surface area is 205 Å². The highest BCUT2D eigenvalue weighted by Crippen LogP contribution is 2.36. The first-order chi connectivity index (χ1) is 17.2. The third kappa shape index (κ3) is 4.37. The van der Waals surface area contributed by atoms with Gasteiger partial charge in [0, 0.05) is 0 Å². The van der Waals surface area contributed by atoms with E-state index < -0.39 is 5.54 Å². The summed E-state index contributed by atoms with van der Waals surface area (Å²) in [4.78, 5) is 1.64. The maximum absolute atomic E-state index is 4.70. The first-order valence-corrected chi connectivity index (χ1v) is 11.6. The average molecular weight is 458 g/mol. The molecule has 0 saturated heterocycles. The number of rotatable bonds is 8. The molecule has 0 aliphatic heterocycles. The van der Waals surface area contributed by atoms with Gasteiger partial charge in [0.05, 0.1) is 17.1 Å². The number of para-hydroxylation sites is 1.